The molecule has 0 aliphatic carbocycles. The van der Waals surface area contributed by atoms with Crippen molar-refractivity contribution in [1.29, 1.82) is 0 Å². The first kappa shape index (κ1) is 21.3. The molecule has 0 aliphatic rings. The molecule has 0 spiro atoms. The quantitative estimate of drug-likeness (QED) is 0.465. The van der Waals surface area contributed by atoms with Gasteiger partial charge in [-0.3, -0.25) is 9.59 Å². The predicted molar refractivity (Wildman–Crippen MR) is 97.3 cm³/mol. The van der Waals surface area contributed by atoms with Crippen molar-refractivity contribution in [2.24, 2.45) is 0 Å². The van der Waals surface area contributed by atoms with Crippen LogP contribution in [0.3, 0.4) is 0 Å². The van der Waals surface area contributed by atoms with Gasteiger partial charge in [0.05, 0.1) is 13.2 Å². The van der Waals surface area contributed by atoms with Gasteiger partial charge < -0.3 is 20.1 Å². The van der Waals surface area contributed by atoms with Crippen molar-refractivity contribution in [2.75, 3.05) is 23.8 Å². The number of ether oxygens (including phenoxy) is 2. The smallest absolute Gasteiger partial charge is 0.384 e. The highest BCUT2D eigenvalue weighted by molar-refractivity contribution is 6.09. The highest BCUT2D eigenvalue weighted by Gasteiger charge is 2.06. The molecule has 0 fully saturated rings. The molecule has 8 heteroatoms. The van der Waals surface area contributed by atoms with Crippen molar-refractivity contribution in [1.82, 2.24) is 0 Å². The third-order valence-electron chi connectivity index (χ3n) is 2.85. The molecular formula is C19H18N2O6. The largest absolute Gasteiger partial charge is 0.456 e. The first-order valence-electron chi connectivity index (χ1n) is 7.95. The van der Waals surface area contributed by atoms with Crippen LogP contribution in [0.5, 0.6) is 0 Å². The second-order valence-corrected chi connectivity index (χ2v) is 4.88. The lowest BCUT2D eigenvalue weighted by Crippen LogP contribution is -2.13. The van der Waals surface area contributed by atoms with E-state index in [1.54, 1.807) is 32.9 Å². The molecule has 0 aromatic heterocycles. The molecule has 8 nitrogen and oxygen atoms in total. The molecular weight excluding hydrogens is 352 g/mol. The number of aryl methyl sites for hydroxylation is 1. The van der Waals surface area contributed by atoms with Crippen molar-refractivity contribution in [3.63, 3.8) is 0 Å². The SMILES string of the molecule is CCOC(=O)C#CC(=O)Nc1ccc(C)c(NC(=O)C#CC(=O)OCC)c1. The van der Waals surface area contributed by atoms with Crippen LogP contribution in [0.1, 0.15) is 19.4 Å². The number of hydrogen-bond acceptors (Lipinski definition) is 6. The summed E-state index contributed by atoms with van der Waals surface area (Å²) in [4.78, 5) is 45.7. The summed E-state index contributed by atoms with van der Waals surface area (Å²) in [6.45, 7) is 5.31. The van der Waals surface area contributed by atoms with E-state index in [4.69, 9.17) is 0 Å². The Balaban J connectivity index is 2.79. The molecule has 2 N–H and O–H groups in total. The summed E-state index contributed by atoms with van der Waals surface area (Å²) in [6.07, 6.45) is 0. The summed E-state index contributed by atoms with van der Waals surface area (Å²) >= 11 is 0. The Kier molecular flexibility index (Phi) is 8.63. The van der Waals surface area contributed by atoms with E-state index < -0.39 is 23.8 Å². The lowest BCUT2D eigenvalue weighted by Gasteiger charge is -2.08. The summed E-state index contributed by atoms with van der Waals surface area (Å²) in [6, 6.07) is 4.74. The van der Waals surface area contributed by atoms with Crippen LogP contribution in [0, 0.1) is 30.6 Å². The fraction of sp³-hybridized carbons (Fsp3) is 0.263. The highest BCUT2D eigenvalue weighted by atomic mass is 16.5. The maximum absolute atomic E-state index is 11.8. The van der Waals surface area contributed by atoms with Gasteiger partial charge in [-0.25, -0.2) is 9.59 Å². The molecule has 0 unspecified atom stereocenters. The zero-order valence-electron chi connectivity index (χ0n) is 15.1. The fourth-order valence-corrected chi connectivity index (χ4v) is 1.70. The number of anilines is 2. The van der Waals surface area contributed by atoms with Crippen LogP contribution >= 0.6 is 0 Å². The maximum atomic E-state index is 11.8. The van der Waals surface area contributed by atoms with Crippen LogP contribution in [0.25, 0.3) is 0 Å². The third kappa shape index (κ3) is 8.23. The van der Waals surface area contributed by atoms with Crippen LogP contribution in [0.2, 0.25) is 0 Å². The lowest BCUT2D eigenvalue weighted by atomic mass is 10.1. The minimum atomic E-state index is -0.801. The summed E-state index contributed by atoms with van der Waals surface area (Å²) in [5.41, 5.74) is 1.43. The molecule has 1 aromatic rings. The van der Waals surface area contributed by atoms with Gasteiger partial charge in [-0.15, -0.1) is 0 Å². The summed E-state index contributed by atoms with van der Waals surface area (Å²) in [7, 11) is 0. The van der Waals surface area contributed by atoms with Gasteiger partial charge in [0.25, 0.3) is 0 Å². The van der Waals surface area contributed by atoms with E-state index in [1.165, 1.54) is 6.07 Å². The van der Waals surface area contributed by atoms with Gasteiger partial charge in [-0.2, -0.15) is 0 Å². The van der Waals surface area contributed by atoms with Gasteiger partial charge in [0.15, 0.2) is 0 Å². The summed E-state index contributed by atoms with van der Waals surface area (Å²) in [5, 5.41) is 4.97. The monoisotopic (exact) mass is 370 g/mol. The van der Waals surface area contributed by atoms with Crippen molar-refractivity contribution in [3.8, 4) is 23.7 Å². The van der Waals surface area contributed by atoms with Crippen LogP contribution < -0.4 is 10.6 Å². The van der Waals surface area contributed by atoms with Crippen molar-refractivity contribution < 1.29 is 28.7 Å². The number of nitrogens with one attached hydrogen (secondary N) is 2. The van der Waals surface area contributed by atoms with Crippen LogP contribution in [0.15, 0.2) is 18.2 Å². The van der Waals surface area contributed by atoms with Gasteiger partial charge in [0.1, 0.15) is 0 Å². The molecule has 0 heterocycles. The summed E-state index contributed by atoms with van der Waals surface area (Å²) in [5.74, 6) is 5.28. The Labute approximate surface area is 156 Å². The van der Waals surface area contributed by atoms with E-state index >= 15 is 0 Å². The van der Waals surface area contributed by atoms with E-state index in [9.17, 15) is 19.2 Å². The molecule has 0 bridgehead atoms. The van der Waals surface area contributed by atoms with Crippen LogP contribution in [0.4, 0.5) is 11.4 Å². The fourth-order valence-electron chi connectivity index (χ4n) is 1.70. The number of amides is 2. The van der Waals surface area contributed by atoms with Gasteiger partial charge in [-0.05, 0) is 38.5 Å². The lowest BCUT2D eigenvalue weighted by molar-refractivity contribution is -0.137. The first-order chi connectivity index (χ1) is 12.8. The Hall–Kier alpha value is -3.78. The van der Waals surface area contributed by atoms with Crippen molar-refractivity contribution in [3.05, 3.63) is 23.8 Å². The zero-order chi connectivity index (χ0) is 20.2. The van der Waals surface area contributed by atoms with Crippen molar-refractivity contribution >= 4 is 35.1 Å². The number of hydrogen-bond donors (Lipinski definition) is 2. The average Bonchev–Trinajstić information content (AvgIpc) is 2.61. The molecule has 0 atom stereocenters. The second kappa shape index (κ2) is 11.0. The van der Waals surface area contributed by atoms with Crippen molar-refractivity contribution in [2.45, 2.75) is 20.8 Å². The van der Waals surface area contributed by atoms with E-state index in [2.05, 4.69) is 37.9 Å². The average molecular weight is 370 g/mol. The Morgan fingerprint density at radius 3 is 1.89 bits per heavy atom. The van der Waals surface area contributed by atoms with Gasteiger partial charge in [0, 0.05) is 35.1 Å². The Bertz CT molecular complexity index is 868. The molecule has 0 saturated carbocycles. The van der Waals surface area contributed by atoms with Gasteiger partial charge >= 0.3 is 23.8 Å². The van der Waals surface area contributed by atoms with E-state index in [0.717, 1.165) is 0 Å². The molecule has 1 aromatic carbocycles. The standard InChI is InChI=1S/C19H18N2O6/c1-4-26-18(24)10-8-16(22)20-14-7-6-13(3)15(12-14)21-17(23)9-11-19(25)27-5-2/h6-7,12H,4-5H2,1-3H3,(H,20,22)(H,21,23). The van der Waals surface area contributed by atoms with Gasteiger partial charge in [0.2, 0.25) is 0 Å². The Morgan fingerprint density at radius 1 is 0.852 bits per heavy atom. The molecule has 0 saturated heterocycles. The van der Waals surface area contributed by atoms with Crippen LogP contribution in [-0.4, -0.2) is 37.0 Å². The van der Waals surface area contributed by atoms with Gasteiger partial charge in [-0.1, -0.05) is 6.07 Å². The predicted octanol–water partition coefficient (Wildman–Crippen LogP) is 1.01. The topological polar surface area (TPSA) is 111 Å². The second-order valence-electron chi connectivity index (χ2n) is 4.88. The molecule has 1 rings (SSSR count). The normalized spacial score (nSPS) is 8.85. The number of rotatable bonds is 4. The minimum Gasteiger partial charge on any atom is -0.456 e. The van der Waals surface area contributed by atoms with E-state index in [-0.39, 0.29) is 13.2 Å². The highest BCUT2D eigenvalue weighted by Crippen LogP contribution is 2.20. The third-order valence-corrected chi connectivity index (χ3v) is 2.85. The molecule has 2 amide bonds. The number of benzene rings is 1. The molecule has 27 heavy (non-hydrogen) atoms. The van der Waals surface area contributed by atoms with Crippen LogP contribution in [-0.2, 0) is 28.7 Å². The van der Waals surface area contributed by atoms with E-state index in [1.807, 2.05) is 5.92 Å². The first-order valence-corrected chi connectivity index (χ1v) is 7.95. The molecule has 140 valence electrons. The molecule has 0 radical (unpaired) electrons. The number of esters is 2. The number of carbonyl (C=O) groups is 4. The Morgan fingerprint density at radius 2 is 1.37 bits per heavy atom. The van der Waals surface area contributed by atoms with E-state index in [0.29, 0.717) is 16.9 Å². The maximum Gasteiger partial charge on any atom is 0.384 e. The summed E-state index contributed by atoms with van der Waals surface area (Å²) < 4.78 is 9.19. The molecule has 0 aliphatic heterocycles. The zero-order valence-corrected chi connectivity index (χ0v) is 15.1. The number of carbonyl (C=O) groups excluding carboxylic acids is 4. The minimum absolute atomic E-state index is 0.162.